The highest BCUT2D eigenvalue weighted by Crippen LogP contribution is 2.39. The number of nitrogens with one attached hydrogen (secondary N) is 1. The molecule has 1 amide bonds. The van der Waals surface area contributed by atoms with Gasteiger partial charge in [-0.1, -0.05) is 0 Å². The van der Waals surface area contributed by atoms with Crippen LogP contribution in [0.4, 0.5) is 0 Å². The van der Waals surface area contributed by atoms with Crippen molar-refractivity contribution in [1.82, 2.24) is 10.2 Å². The second-order valence-corrected chi connectivity index (χ2v) is 6.09. The third kappa shape index (κ3) is 3.01. The minimum Gasteiger partial charge on any atom is -0.389 e. The molecule has 1 aliphatic carbocycles. The first-order chi connectivity index (χ1) is 8.35. The SMILES string of the molecule is CC1(O)CCN(CC(=O)NC(C)(C#N)C2CC2)C1. The molecule has 2 atom stereocenters. The zero-order chi connectivity index (χ0) is 13.4. The molecule has 2 fully saturated rings. The minimum absolute atomic E-state index is 0.122. The van der Waals surface area contributed by atoms with Gasteiger partial charge >= 0.3 is 0 Å². The number of hydrogen-bond donors (Lipinski definition) is 2. The van der Waals surface area contributed by atoms with Crippen molar-refractivity contribution in [3.8, 4) is 6.07 Å². The molecular formula is C13H21N3O2. The van der Waals surface area contributed by atoms with E-state index in [1.54, 1.807) is 13.8 Å². The van der Waals surface area contributed by atoms with E-state index in [0.29, 0.717) is 18.9 Å². The smallest absolute Gasteiger partial charge is 0.235 e. The zero-order valence-electron chi connectivity index (χ0n) is 11.1. The molecule has 0 bridgehead atoms. The standard InChI is InChI=1S/C13H21N3O2/c1-12(18)5-6-16(9-12)7-11(17)15-13(2,8-14)10-3-4-10/h10,18H,3-7,9H2,1-2H3,(H,15,17). The van der Waals surface area contributed by atoms with Gasteiger partial charge in [0.2, 0.25) is 5.91 Å². The Morgan fingerprint density at radius 2 is 2.33 bits per heavy atom. The number of nitrogens with zero attached hydrogens (tertiary/aromatic N) is 2. The van der Waals surface area contributed by atoms with Crippen LogP contribution < -0.4 is 5.32 Å². The normalized spacial score (nSPS) is 31.7. The minimum atomic E-state index is -0.723. The summed E-state index contributed by atoms with van der Waals surface area (Å²) in [7, 11) is 0. The van der Waals surface area contributed by atoms with Crippen LogP contribution in [0.15, 0.2) is 0 Å². The summed E-state index contributed by atoms with van der Waals surface area (Å²) in [6, 6.07) is 2.21. The Kier molecular flexibility index (Phi) is 3.35. The lowest BCUT2D eigenvalue weighted by atomic mass is 9.98. The summed E-state index contributed by atoms with van der Waals surface area (Å²) in [5.74, 6) is 0.178. The summed E-state index contributed by atoms with van der Waals surface area (Å²) in [5.41, 5.74) is -1.41. The molecule has 2 aliphatic rings. The maximum atomic E-state index is 11.9. The lowest BCUT2D eigenvalue weighted by molar-refractivity contribution is -0.123. The maximum absolute atomic E-state index is 11.9. The summed E-state index contributed by atoms with van der Waals surface area (Å²) in [5, 5.41) is 21.8. The summed E-state index contributed by atoms with van der Waals surface area (Å²) >= 11 is 0. The van der Waals surface area contributed by atoms with E-state index in [9.17, 15) is 15.2 Å². The van der Waals surface area contributed by atoms with Crippen LogP contribution >= 0.6 is 0 Å². The van der Waals surface area contributed by atoms with Gasteiger partial charge in [0.05, 0.1) is 18.2 Å². The van der Waals surface area contributed by atoms with E-state index in [1.165, 1.54) is 0 Å². The Bertz CT molecular complexity index is 384. The summed E-state index contributed by atoms with van der Waals surface area (Å²) in [4.78, 5) is 13.9. The molecule has 5 nitrogen and oxygen atoms in total. The van der Waals surface area contributed by atoms with Crippen LogP contribution in [0, 0.1) is 17.2 Å². The van der Waals surface area contributed by atoms with Crippen LogP contribution in [-0.4, -0.2) is 46.7 Å². The third-order valence-electron chi connectivity index (χ3n) is 3.92. The highest BCUT2D eigenvalue weighted by atomic mass is 16.3. The van der Waals surface area contributed by atoms with Crippen molar-refractivity contribution in [2.75, 3.05) is 19.6 Å². The number of β-amino-alcohol motifs (C(OH)–C–C–N with tert-alkyl or cyclic N) is 1. The van der Waals surface area contributed by atoms with Crippen molar-refractivity contribution >= 4 is 5.91 Å². The van der Waals surface area contributed by atoms with Crippen LogP contribution in [0.5, 0.6) is 0 Å². The second kappa shape index (κ2) is 4.52. The van der Waals surface area contributed by atoms with Gasteiger partial charge in [0, 0.05) is 13.1 Å². The largest absolute Gasteiger partial charge is 0.389 e. The number of amides is 1. The lowest BCUT2D eigenvalue weighted by Crippen LogP contribution is -2.50. The summed E-state index contributed by atoms with van der Waals surface area (Å²) < 4.78 is 0. The highest BCUT2D eigenvalue weighted by Gasteiger charge is 2.43. The van der Waals surface area contributed by atoms with Crippen molar-refractivity contribution in [1.29, 1.82) is 5.26 Å². The number of carbonyl (C=O) groups is 1. The van der Waals surface area contributed by atoms with Gasteiger partial charge in [-0.3, -0.25) is 9.69 Å². The van der Waals surface area contributed by atoms with E-state index < -0.39 is 11.1 Å². The molecule has 0 radical (unpaired) electrons. The average Bonchev–Trinajstić information content (AvgIpc) is 3.05. The van der Waals surface area contributed by atoms with Gasteiger partial charge in [-0.15, -0.1) is 0 Å². The Labute approximate surface area is 108 Å². The van der Waals surface area contributed by atoms with Crippen LogP contribution in [0.3, 0.4) is 0 Å². The van der Waals surface area contributed by atoms with Gasteiger partial charge < -0.3 is 10.4 Å². The number of aliphatic hydroxyl groups is 1. The highest BCUT2D eigenvalue weighted by molar-refractivity contribution is 5.79. The molecule has 18 heavy (non-hydrogen) atoms. The van der Waals surface area contributed by atoms with Crippen molar-refractivity contribution in [3.63, 3.8) is 0 Å². The van der Waals surface area contributed by atoms with E-state index in [0.717, 1.165) is 19.4 Å². The van der Waals surface area contributed by atoms with Gasteiger partial charge in [0.1, 0.15) is 5.54 Å². The van der Waals surface area contributed by atoms with Gasteiger partial charge in [0.25, 0.3) is 0 Å². The first-order valence-corrected chi connectivity index (χ1v) is 6.52. The molecule has 0 aromatic rings. The van der Waals surface area contributed by atoms with E-state index in [2.05, 4.69) is 11.4 Å². The molecule has 5 heteroatoms. The van der Waals surface area contributed by atoms with E-state index in [4.69, 9.17) is 0 Å². The first-order valence-electron chi connectivity index (χ1n) is 6.52. The average molecular weight is 251 g/mol. The Hall–Kier alpha value is -1.12. The quantitative estimate of drug-likeness (QED) is 0.751. The molecule has 100 valence electrons. The predicted molar refractivity (Wildman–Crippen MR) is 66.6 cm³/mol. The van der Waals surface area contributed by atoms with Crippen LogP contribution in [-0.2, 0) is 4.79 Å². The van der Waals surface area contributed by atoms with E-state index >= 15 is 0 Å². The lowest BCUT2D eigenvalue weighted by Gasteiger charge is -2.25. The fourth-order valence-electron chi connectivity index (χ4n) is 2.59. The van der Waals surface area contributed by atoms with Crippen LogP contribution in [0.2, 0.25) is 0 Å². The Balaban J connectivity index is 1.84. The molecule has 1 aliphatic heterocycles. The molecule has 2 N–H and O–H groups in total. The molecule has 0 aromatic heterocycles. The fraction of sp³-hybridized carbons (Fsp3) is 0.846. The number of hydrogen-bond acceptors (Lipinski definition) is 4. The van der Waals surface area contributed by atoms with Crippen LogP contribution in [0.25, 0.3) is 0 Å². The summed E-state index contributed by atoms with van der Waals surface area (Å²) in [6.07, 6.45) is 2.73. The zero-order valence-corrected chi connectivity index (χ0v) is 11.1. The molecule has 0 aromatic carbocycles. The van der Waals surface area contributed by atoms with Gasteiger partial charge in [-0.25, -0.2) is 0 Å². The second-order valence-electron chi connectivity index (χ2n) is 6.09. The number of rotatable bonds is 4. The van der Waals surface area contributed by atoms with E-state index in [-0.39, 0.29) is 12.5 Å². The van der Waals surface area contributed by atoms with Crippen molar-refractivity contribution in [3.05, 3.63) is 0 Å². The Morgan fingerprint density at radius 1 is 1.67 bits per heavy atom. The number of nitriles is 1. The first kappa shape index (κ1) is 13.3. The molecule has 1 saturated heterocycles. The monoisotopic (exact) mass is 251 g/mol. The molecule has 0 spiro atoms. The maximum Gasteiger partial charge on any atom is 0.235 e. The van der Waals surface area contributed by atoms with E-state index in [1.807, 2.05) is 4.90 Å². The molecule has 1 saturated carbocycles. The summed E-state index contributed by atoms with van der Waals surface area (Å²) in [6.45, 7) is 5.09. The topological polar surface area (TPSA) is 76.4 Å². The molecule has 1 heterocycles. The van der Waals surface area contributed by atoms with Gasteiger partial charge in [-0.2, -0.15) is 5.26 Å². The molecule has 2 rings (SSSR count). The van der Waals surface area contributed by atoms with Crippen LogP contribution in [0.1, 0.15) is 33.1 Å². The Morgan fingerprint density at radius 3 is 2.78 bits per heavy atom. The van der Waals surface area contributed by atoms with Crippen molar-refractivity contribution < 1.29 is 9.90 Å². The number of likely N-dealkylation sites (tertiary alicyclic amines) is 1. The fourth-order valence-corrected chi connectivity index (χ4v) is 2.59. The van der Waals surface area contributed by atoms with Gasteiger partial charge in [0.15, 0.2) is 0 Å². The van der Waals surface area contributed by atoms with Crippen molar-refractivity contribution in [2.45, 2.75) is 44.2 Å². The predicted octanol–water partition coefficient (Wildman–Crippen LogP) is 0.252. The molecular weight excluding hydrogens is 230 g/mol. The number of carbonyl (C=O) groups excluding carboxylic acids is 1. The third-order valence-corrected chi connectivity index (χ3v) is 3.92. The van der Waals surface area contributed by atoms with Crippen molar-refractivity contribution in [2.24, 2.45) is 5.92 Å². The van der Waals surface area contributed by atoms with Gasteiger partial charge in [-0.05, 0) is 39.0 Å². The molecule has 2 unspecified atom stereocenters.